The Morgan fingerprint density at radius 2 is 1.67 bits per heavy atom. The van der Waals surface area contributed by atoms with Crippen LogP contribution in [0.15, 0.2) is 46.0 Å². The summed E-state index contributed by atoms with van der Waals surface area (Å²) >= 11 is 1.25. The maximum atomic E-state index is 12.3. The highest BCUT2D eigenvalue weighted by Gasteiger charge is 2.24. The summed E-state index contributed by atoms with van der Waals surface area (Å²) < 4.78 is 27.8. The topological polar surface area (TPSA) is 96.0 Å². The van der Waals surface area contributed by atoms with Crippen molar-refractivity contribution in [2.24, 2.45) is 11.8 Å². The molecule has 9 heteroatoms. The molecule has 1 aliphatic rings. The van der Waals surface area contributed by atoms with Crippen LogP contribution in [0.1, 0.15) is 46.5 Å². The lowest BCUT2D eigenvalue weighted by atomic mass is 9.82. The van der Waals surface area contributed by atoms with Gasteiger partial charge in [-0.15, -0.1) is 11.3 Å². The number of nitrogens with one attached hydrogen (secondary N) is 3. The lowest BCUT2D eigenvalue weighted by Crippen LogP contribution is -2.32. The van der Waals surface area contributed by atoms with E-state index in [1.54, 1.807) is 17.5 Å². The van der Waals surface area contributed by atoms with E-state index in [-0.39, 0.29) is 5.54 Å². The van der Waals surface area contributed by atoms with Crippen molar-refractivity contribution in [3.63, 3.8) is 0 Å². The minimum atomic E-state index is -3.38. The van der Waals surface area contributed by atoms with Crippen molar-refractivity contribution in [2.45, 2.75) is 56.2 Å². The second-order valence-electron chi connectivity index (χ2n) is 9.84. The number of hydrogen-bond acceptors (Lipinski definition) is 7. The molecule has 0 aliphatic heterocycles. The average molecular weight is 488 g/mol. The van der Waals surface area contributed by atoms with Crippen LogP contribution in [0.5, 0.6) is 0 Å². The second kappa shape index (κ2) is 9.95. The molecule has 0 unspecified atom stereocenters. The quantitative estimate of drug-likeness (QED) is 0.409. The molecule has 1 saturated carbocycles. The van der Waals surface area contributed by atoms with E-state index in [0.29, 0.717) is 28.5 Å². The third-order valence-corrected chi connectivity index (χ3v) is 8.75. The third-order valence-electron chi connectivity index (χ3n) is 5.93. The van der Waals surface area contributed by atoms with Crippen molar-refractivity contribution in [3.8, 4) is 0 Å². The Morgan fingerprint density at radius 1 is 0.970 bits per heavy atom. The second-order valence-corrected chi connectivity index (χ2v) is 12.8. The molecule has 4 rings (SSSR count). The van der Waals surface area contributed by atoms with E-state index in [1.165, 1.54) is 11.3 Å². The number of nitrogens with zero attached hydrogens (tertiary/aromatic N) is 2. The molecule has 0 amide bonds. The predicted molar refractivity (Wildman–Crippen MR) is 136 cm³/mol. The molecule has 1 aliphatic carbocycles. The van der Waals surface area contributed by atoms with Crippen molar-refractivity contribution in [2.75, 3.05) is 23.7 Å². The summed E-state index contributed by atoms with van der Waals surface area (Å²) in [7, 11) is -3.38. The number of rotatable bonds is 8. The number of anilines is 2. The molecule has 0 spiro atoms. The highest BCUT2D eigenvalue weighted by Crippen LogP contribution is 2.30. The van der Waals surface area contributed by atoms with Gasteiger partial charge in [0.1, 0.15) is 10.0 Å². The third kappa shape index (κ3) is 6.43. The Morgan fingerprint density at radius 3 is 2.33 bits per heavy atom. The molecule has 2 heterocycles. The molecule has 0 radical (unpaired) electrons. The van der Waals surface area contributed by atoms with Gasteiger partial charge in [0.05, 0.1) is 5.52 Å². The van der Waals surface area contributed by atoms with E-state index in [1.807, 2.05) is 24.3 Å². The van der Waals surface area contributed by atoms with Crippen LogP contribution in [0.2, 0.25) is 0 Å². The largest absolute Gasteiger partial charge is 0.365 e. The molecule has 1 aromatic carbocycles. The van der Waals surface area contributed by atoms with E-state index >= 15 is 0 Å². The molecular weight excluding hydrogens is 454 g/mol. The number of thiophene rings is 1. The van der Waals surface area contributed by atoms with Crippen molar-refractivity contribution in [1.82, 2.24) is 14.7 Å². The first kappa shape index (κ1) is 23.9. The van der Waals surface area contributed by atoms with Gasteiger partial charge in [0.2, 0.25) is 16.0 Å². The van der Waals surface area contributed by atoms with Gasteiger partial charge in [-0.3, -0.25) is 0 Å². The summed E-state index contributed by atoms with van der Waals surface area (Å²) in [4.78, 5) is 9.47. The summed E-state index contributed by atoms with van der Waals surface area (Å²) in [6, 6.07) is 11.5. The van der Waals surface area contributed by atoms with Gasteiger partial charge in [0.25, 0.3) is 0 Å². The number of sulfonamides is 1. The molecule has 0 bridgehead atoms. The monoisotopic (exact) mass is 487 g/mol. The van der Waals surface area contributed by atoms with Gasteiger partial charge in [0, 0.05) is 24.0 Å². The van der Waals surface area contributed by atoms with Crippen LogP contribution in [0.3, 0.4) is 0 Å². The van der Waals surface area contributed by atoms with Gasteiger partial charge >= 0.3 is 0 Å². The summed E-state index contributed by atoms with van der Waals surface area (Å²) in [5, 5.41) is 9.75. The number of benzene rings is 1. The summed E-state index contributed by atoms with van der Waals surface area (Å²) in [5.41, 5.74) is 0.820. The maximum absolute atomic E-state index is 12.3. The fraction of sp³-hybridized carbons (Fsp3) is 0.500. The van der Waals surface area contributed by atoms with Gasteiger partial charge in [-0.2, -0.15) is 4.98 Å². The van der Waals surface area contributed by atoms with Crippen molar-refractivity contribution >= 4 is 44.0 Å². The first-order chi connectivity index (χ1) is 15.7. The normalized spacial score (nSPS) is 19.5. The molecule has 178 valence electrons. The molecule has 2 aromatic heterocycles. The van der Waals surface area contributed by atoms with E-state index in [0.717, 1.165) is 48.9 Å². The minimum absolute atomic E-state index is 0.0994. The Labute approximate surface area is 200 Å². The van der Waals surface area contributed by atoms with Crippen LogP contribution in [0, 0.1) is 11.8 Å². The molecule has 3 N–H and O–H groups in total. The number of hydrogen-bond donors (Lipinski definition) is 3. The molecule has 33 heavy (non-hydrogen) atoms. The zero-order chi connectivity index (χ0) is 23.5. The number of para-hydroxylation sites is 1. The zero-order valence-corrected chi connectivity index (χ0v) is 21.1. The van der Waals surface area contributed by atoms with Gasteiger partial charge in [0.15, 0.2) is 0 Å². The van der Waals surface area contributed by atoms with Crippen molar-refractivity contribution in [3.05, 3.63) is 41.8 Å². The fourth-order valence-electron chi connectivity index (χ4n) is 4.20. The number of aromatic nitrogens is 2. The lowest BCUT2D eigenvalue weighted by molar-refractivity contribution is 0.284. The standard InChI is InChI=1S/C24H33N5O2S2/c1-24(2,3)29-22-19-7-4-5-8-20(19)27-23(28-22)25-15-17-10-12-18(13-11-17)16-26-33(30,31)21-9-6-14-32-21/h4-9,14,17-18,26H,10-13,15-16H2,1-3H3,(H2,25,27,28,29). The van der Waals surface area contributed by atoms with Crippen LogP contribution >= 0.6 is 11.3 Å². The fourth-order valence-corrected chi connectivity index (χ4v) is 6.35. The van der Waals surface area contributed by atoms with Crippen molar-refractivity contribution < 1.29 is 8.42 Å². The van der Waals surface area contributed by atoms with Gasteiger partial charge in [-0.05, 0) is 81.9 Å². The molecule has 3 aromatic rings. The van der Waals surface area contributed by atoms with Crippen LogP contribution < -0.4 is 15.4 Å². The average Bonchev–Trinajstić information content (AvgIpc) is 3.32. The van der Waals surface area contributed by atoms with Gasteiger partial charge < -0.3 is 10.6 Å². The molecule has 1 fully saturated rings. The van der Waals surface area contributed by atoms with E-state index < -0.39 is 10.0 Å². The minimum Gasteiger partial charge on any atom is -0.365 e. The Bertz CT molecular complexity index is 1170. The van der Waals surface area contributed by atoms with E-state index in [4.69, 9.17) is 9.97 Å². The molecule has 0 saturated heterocycles. The molecule has 7 nitrogen and oxygen atoms in total. The number of fused-ring (bicyclic) bond motifs is 1. The first-order valence-corrected chi connectivity index (χ1v) is 13.9. The molecular formula is C24H33N5O2S2. The predicted octanol–water partition coefficient (Wildman–Crippen LogP) is 5.10. The SMILES string of the molecule is CC(C)(C)Nc1nc(NCC2CCC(CNS(=O)(=O)c3cccs3)CC2)nc2ccccc12. The molecule has 0 atom stereocenters. The lowest BCUT2D eigenvalue weighted by Gasteiger charge is -2.28. The Hall–Kier alpha value is -2.23. The van der Waals surface area contributed by atoms with Crippen LogP contribution in [-0.2, 0) is 10.0 Å². The highest BCUT2D eigenvalue weighted by molar-refractivity contribution is 7.91. The highest BCUT2D eigenvalue weighted by atomic mass is 32.2. The first-order valence-electron chi connectivity index (χ1n) is 11.5. The van der Waals surface area contributed by atoms with Crippen molar-refractivity contribution in [1.29, 1.82) is 0 Å². The summed E-state index contributed by atoms with van der Waals surface area (Å²) in [6.45, 7) is 7.69. The zero-order valence-electron chi connectivity index (χ0n) is 19.5. The van der Waals surface area contributed by atoms with E-state index in [2.05, 4.69) is 36.1 Å². The summed E-state index contributed by atoms with van der Waals surface area (Å²) in [5.74, 6) is 2.41. The Balaban J connectivity index is 1.31. The van der Waals surface area contributed by atoms with Crippen LogP contribution in [0.25, 0.3) is 10.9 Å². The van der Waals surface area contributed by atoms with Gasteiger partial charge in [-0.1, -0.05) is 18.2 Å². The summed E-state index contributed by atoms with van der Waals surface area (Å²) in [6.07, 6.45) is 4.18. The van der Waals surface area contributed by atoms with Crippen LogP contribution in [-0.4, -0.2) is 37.0 Å². The maximum Gasteiger partial charge on any atom is 0.250 e. The van der Waals surface area contributed by atoms with E-state index in [9.17, 15) is 8.42 Å². The van der Waals surface area contributed by atoms with Gasteiger partial charge in [-0.25, -0.2) is 18.1 Å². The van der Waals surface area contributed by atoms with Crippen LogP contribution in [0.4, 0.5) is 11.8 Å². The Kier molecular flexibility index (Phi) is 7.21. The smallest absolute Gasteiger partial charge is 0.250 e.